The molecule has 0 spiro atoms. The van der Waals surface area contributed by atoms with E-state index in [1.165, 1.54) is 11.1 Å². The number of aliphatic carboxylic acids is 2. The number of carbonyl (C=O) groups is 5. The molecule has 0 radical (unpaired) electrons. The summed E-state index contributed by atoms with van der Waals surface area (Å²) in [6, 6.07) is 48.6. The lowest BCUT2D eigenvalue weighted by Gasteiger charge is -2.22. The third-order valence-corrected chi connectivity index (χ3v) is 14.7. The first-order valence-electron chi connectivity index (χ1n) is 27.1. The van der Waals surface area contributed by atoms with E-state index < -0.39 is 54.7 Å². The van der Waals surface area contributed by atoms with Crippen LogP contribution in [0.4, 0.5) is 0 Å². The molecule has 8 aromatic rings. The summed E-state index contributed by atoms with van der Waals surface area (Å²) in [6.45, 7) is 5.93. The predicted molar refractivity (Wildman–Crippen MR) is 308 cm³/mol. The van der Waals surface area contributed by atoms with Crippen LogP contribution in [-0.2, 0) is 24.0 Å². The van der Waals surface area contributed by atoms with Crippen LogP contribution < -0.4 is 32.2 Å². The number of H-pyrrole nitrogens is 4. The van der Waals surface area contributed by atoms with Crippen molar-refractivity contribution in [3.05, 3.63) is 230 Å². The van der Waals surface area contributed by atoms with Crippen LogP contribution in [0.2, 0.25) is 0 Å². The minimum atomic E-state index is -1.70. The summed E-state index contributed by atoms with van der Waals surface area (Å²) in [5, 5.41) is 25.6. The van der Waals surface area contributed by atoms with Gasteiger partial charge >= 0.3 is 11.9 Å². The molecule has 81 heavy (non-hydrogen) atoms. The van der Waals surface area contributed by atoms with Gasteiger partial charge < -0.3 is 62.3 Å². The summed E-state index contributed by atoms with van der Waals surface area (Å²) in [5.74, 6) is -5.47. The molecule has 1 aliphatic rings. The summed E-state index contributed by atoms with van der Waals surface area (Å²) in [6.07, 6.45) is -0.216. The van der Waals surface area contributed by atoms with Crippen molar-refractivity contribution < 1.29 is 38.9 Å². The number of ether oxygens (including phenoxy) is 1. The van der Waals surface area contributed by atoms with Gasteiger partial charge in [0, 0.05) is 64.1 Å². The number of para-hydroxylation sites is 1. The Morgan fingerprint density at radius 1 is 0.543 bits per heavy atom. The summed E-state index contributed by atoms with van der Waals surface area (Å²) >= 11 is 0. The summed E-state index contributed by atoms with van der Waals surface area (Å²) < 4.78 is 6.60. The largest absolute Gasteiger partial charge is 0.493 e. The molecule has 0 saturated heterocycles. The van der Waals surface area contributed by atoms with Crippen molar-refractivity contribution in [2.75, 3.05) is 19.7 Å². The fraction of sp³-hybridized carbons (Fsp3) is 0.270. The zero-order valence-electron chi connectivity index (χ0n) is 45.4. The second kappa shape index (κ2) is 25.5. The van der Waals surface area contributed by atoms with Gasteiger partial charge in [-0.05, 0) is 111 Å². The SMILES string of the molecule is Cc1ccc(C2c3ccc([nH]3)C(c3ccc(C)cc3)c3ccc([nH]3)C(c3ccccc3OCCCC(=O)NC(CCCN=C(N)N)C(=O)NCC(=O)NC(CC(=O)O)C(=O)O)c3ccc([nH]3)C(c3ccc(C)cc3)c3ccc2[nH]3)cc1. The van der Waals surface area contributed by atoms with E-state index in [4.69, 9.17) is 21.3 Å². The number of carboxylic acids is 2. The maximum absolute atomic E-state index is 13.5. The molecule has 4 aromatic heterocycles. The standard InChI is InChI=1S/C63H68N10O8/c1-36-12-18-39(19-13-36)57-43-24-26-45(68-43)58(40-20-14-37(2)15-21-40)47-28-30-49(70-47)60(50-31-29-48(71-50)59(46-27-25-44(57)69-46)41-22-16-38(3)17-23-41)42-8-4-5-10-53(42)81-33-7-11-54(74)72-51(9-6-32-66-63(64)65)61(78)67-35-55(75)73-52(62(79)80)34-56(76)77/h4-5,8,10,12-31,51-52,57-60,68-71H,6-7,9,11,32-35H2,1-3H3,(H,67,78)(H,72,74)(H,73,75)(H,76,77)(H,79,80)(H4,64,65,66). The van der Waals surface area contributed by atoms with Crippen LogP contribution in [0, 0.1) is 20.8 Å². The van der Waals surface area contributed by atoms with Crippen molar-refractivity contribution in [3.63, 3.8) is 0 Å². The second-order valence-corrected chi connectivity index (χ2v) is 20.8. The van der Waals surface area contributed by atoms with Crippen molar-refractivity contribution >= 4 is 35.6 Å². The zero-order chi connectivity index (χ0) is 57.2. The fourth-order valence-electron chi connectivity index (χ4n) is 10.6. The molecule has 9 rings (SSSR count). The molecule has 418 valence electrons. The Morgan fingerprint density at radius 3 is 1.38 bits per heavy atom. The van der Waals surface area contributed by atoms with Gasteiger partial charge in [-0.15, -0.1) is 0 Å². The third kappa shape index (κ3) is 13.8. The number of carboxylic acid groups (broad SMARTS) is 2. The van der Waals surface area contributed by atoms with E-state index in [-0.39, 0.29) is 62.0 Å². The van der Waals surface area contributed by atoms with Gasteiger partial charge in [0.1, 0.15) is 17.8 Å². The molecule has 0 fully saturated rings. The van der Waals surface area contributed by atoms with Crippen LogP contribution in [0.1, 0.15) is 140 Å². The van der Waals surface area contributed by atoms with E-state index in [0.717, 1.165) is 73.4 Å². The van der Waals surface area contributed by atoms with Crippen molar-refractivity contribution in [2.45, 2.75) is 88.6 Å². The van der Waals surface area contributed by atoms with Crippen LogP contribution >= 0.6 is 0 Å². The average molecular weight is 1090 g/mol. The quantitative estimate of drug-likeness (QED) is 0.0188. The predicted octanol–water partition coefficient (Wildman–Crippen LogP) is 7.82. The number of rotatable bonds is 21. The van der Waals surface area contributed by atoms with Crippen LogP contribution in [0.15, 0.2) is 151 Å². The van der Waals surface area contributed by atoms with Gasteiger partial charge in [0.05, 0.1) is 43.2 Å². The minimum absolute atomic E-state index is 0.0211. The number of nitrogens with zero attached hydrogens (tertiary/aromatic N) is 1. The molecule has 13 N–H and O–H groups in total. The van der Waals surface area contributed by atoms with Crippen LogP contribution in [0.5, 0.6) is 5.75 Å². The lowest BCUT2D eigenvalue weighted by atomic mass is 9.91. The smallest absolute Gasteiger partial charge is 0.326 e. The van der Waals surface area contributed by atoms with Crippen LogP contribution in [-0.4, -0.2) is 97.5 Å². The summed E-state index contributed by atoms with van der Waals surface area (Å²) in [7, 11) is 0. The second-order valence-electron chi connectivity index (χ2n) is 20.8. The number of guanidine groups is 1. The topological polar surface area (TPSA) is 299 Å². The van der Waals surface area contributed by atoms with Gasteiger partial charge in [0.15, 0.2) is 5.96 Å². The zero-order valence-corrected chi connectivity index (χ0v) is 45.4. The minimum Gasteiger partial charge on any atom is -0.493 e. The highest BCUT2D eigenvalue weighted by atomic mass is 16.5. The number of carbonyl (C=O) groups excluding carboxylic acids is 3. The van der Waals surface area contributed by atoms with Crippen molar-refractivity contribution in [1.29, 1.82) is 0 Å². The first-order chi connectivity index (χ1) is 39.1. The third-order valence-electron chi connectivity index (χ3n) is 14.7. The number of aryl methyl sites for hydroxylation is 3. The van der Waals surface area contributed by atoms with E-state index in [0.29, 0.717) is 12.2 Å². The monoisotopic (exact) mass is 1090 g/mol. The van der Waals surface area contributed by atoms with E-state index in [2.05, 4.69) is 189 Å². The Hall–Kier alpha value is -9.58. The molecule has 0 saturated carbocycles. The van der Waals surface area contributed by atoms with Crippen molar-refractivity contribution in [1.82, 2.24) is 35.9 Å². The number of nitrogens with two attached hydrogens (primary N) is 2. The Kier molecular flexibility index (Phi) is 17.7. The number of amides is 3. The molecule has 4 atom stereocenters. The van der Waals surface area contributed by atoms with Gasteiger partial charge in [-0.1, -0.05) is 108 Å². The number of hydrogen-bond acceptors (Lipinski definition) is 7. The molecular formula is C63H68N10O8. The van der Waals surface area contributed by atoms with Gasteiger partial charge in [-0.3, -0.25) is 24.2 Å². The Morgan fingerprint density at radius 2 is 0.963 bits per heavy atom. The maximum Gasteiger partial charge on any atom is 0.326 e. The number of aromatic amines is 4. The average Bonchev–Trinajstić information content (AvgIpc) is 4.52. The molecule has 5 heterocycles. The van der Waals surface area contributed by atoms with Gasteiger partial charge in [0.2, 0.25) is 17.7 Å². The van der Waals surface area contributed by atoms with Gasteiger partial charge in [-0.25, -0.2) is 4.79 Å². The molecular weight excluding hydrogens is 1020 g/mol. The molecule has 1 aliphatic heterocycles. The lowest BCUT2D eigenvalue weighted by molar-refractivity contribution is -0.147. The molecule has 8 bridgehead atoms. The van der Waals surface area contributed by atoms with Gasteiger partial charge in [0.25, 0.3) is 0 Å². The Labute approximate surface area is 469 Å². The highest BCUT2D eigenvalue weighted by Crippen LogP contribution is 2.43. The van der Waals surface area contributed by atoms with Crippen LogP contribution in [0.3, 0.4) is 0 Å². The normalized spacial score (nSPS) is 16.3. The highest BCUT2D eigenvalue weighted by molar-refractivity contribution is 5.92. The number of aromatic nitrogens is 4. The molecule has 18 heteroatoms. The van der Waals surface area contributed by atoms with E-state index in [1.54, 1.807) is 0 Å². The molecule has 4 unspecified atom stereocenters. The number of benzene rings is 4. The van der Waals surface area contributed by atoms with E-state index in [9.17, 15) is 29.1 Å². The van der Waals surface area contributed by atoms with Crippen molar-refractivity contribution in [2.24, 2.45) is 16.5 Å². The molecule has 4 aromatic carbocycles. The number of hydrogen-bond donors (Lipinski definition) is 11. The summed E-state index contributed by atoms with van der Waals surface area (Å²) in [5.41, 5.74) is 26.8. The van der Waals surface area contributed by atoms with Gasteiger partial charge in [-0.2, -0.15) is 0 Å². The Bertz CT molecular complexity index is 3380. The molecule has 18 nitrogen and oxygen atoms in total. The van der Waals surface area contributed by atoms with Crippen LogP contribution in [0.25, 0.3) is 0 Å². The summed E-state index contributed by atoms with van der Waals surface area (Å²) in [4.78, 5) is 81.7. The highest BCUT2D eigenvalue weighted by Gasteiger charge is 2.32. The number of nitrogens with one attached hydrogen (secondary N) is 7. The molecule has 0 aliphatic carbocycles. The van der Waals surface area contributed by atoms with Crippen molar-refractivity contribution in [3.8, 4) is 5.75 Å². The first kappa shape index (κ1) is 56.2. The Balaban J connectivity index is 1.01. The maximum atomic E-state index is 13.5. The first-order valence-corrected chi connectivity index (χ1v) is 27.1. The molecule has 3 amide bonds. The number of aliphatic imine (C=N–C) groups is 1. The fourth-order valence-corrected chi connectivity index (χ4v) is 10.6. The van der Waals surface area contributed by atoms with E-state index >= 15 is 0 Å². The van der Waals surface area contributed by atoms with E-state index in [1.807, 2.05) is 18.2 Å². The lowest BCUT2D eigenvalue weighted by Crippen LogP contribution is -2.51. The number of fused-ring (bicyclic) bond motifs is 8.